The average Bonchev–Trinajstić information content (AvgIpc) is 3.20. The van der Waals surface area contributed by atoms with Gasteiger partial charge in [-0.15, -0.1) is 0 Å². The SMILES string of the molecule is CC/C=C\C/C=C\C/C=C\CCCCCCCCCC(=O)OCC(COP(=O)(O)OCCN)OC(=O)CCCCCCCC/C=C\C/C=C\C/C=C\CCCCC. The molecule has 0 aromatic heterocycles. The third-order valence-electron chi connectivity index (χ3n) is 9.08. The topological polar surface area (TPSA) is 134 Å². The van der Waals surface area contributed by atoms with Gasteiger partial charge in [-0.1, -0.05) is 157 Å². The number of carbonyl (C=O) groups excluding carboxylic acids is 2. The predicted octanol–water partition coefficient (Wildman–Crippen LogP) is 13.1. The summed E-state index contributed by atoms with van der Waals surface area (Å²) in [5.41, 5.74) is 5.35. The Morgan fingerprint density at radius 1 is 0.544 bits per heavy atom. The van der Waals surface area contributed by atoms with Gasteiger partial charge in [-0.2, -0.15) is 0 Å². The first-order valence-electron chi connectivity index (χ1n) is 22.4. The van der Waals surface area contributed by atoms with E-state index in [1.807, 2.05) is 0 Å². The number of carbonyl (C=O) groups is 2. The number of unbranched alkanes of at least 4 members (excludes halogenated alkanes) is 16. The molecule has 57 heavy (non-hydrogen) atoms. The summed E-state index contributed by atoms with van der Waals surface area (Å²) >= 11 is 0. The van der Waals surface area contributed by atoms with Crippen molar-refractivity contribution >= 4 is 19.8 Å². The Hall–Kier alpha value is -2.55. The Bertz CT molecular complexity index is 1160. The average molecular weight is 820 g/mol. The fourth-order valence-electron chi connectivity index (χ4n) is 5.77. The zero-order chi connectivity index (χ0) is 41.8. The number of nitrogens with two attached hydrogens (primary N) is 1. The second-order valence-electron chi connectivity index (χ2n) is 14.5. The smallest absolute Gasteiger partial charge is 0.462 e. The van der Waals surface area contributed by atoms with E-state index in [2.05, 4.69) is 86.8 Å². The van der Waals surface area contributed by atoms with E-state index < -0.39 is 32.5 Å². The summed E-state index contributed by atoms with van der Waals surface area (Å²) in [5, 5.41) is 0. The van der Waals surface area contributed by atoms with Crippen molar-refractivity contribution in [2.24, 2.45) is 5.73 Å². The molecule has 0 bridgehead atoms. The molecule has 0 aliphatic rings. The van der Waals surface area contributed by atoms with Crippen molar-refractivity contribution in [1.82, 2.24) is 0 Å². The lowest BCUT2D eigenvalue weighted by atomic mass is 10.1. The van der Waals surface area contributed by atoms with E-state index in [-0.39, 0.29) is 32.6 Å². The quantitative estimate of drug-likeness (QED) is 0.0267. The maximum Gasteiger partial charge on any atom is 0.472 e. The number of hydrogen-bond acceptors (Lipinski definition) is 8. The molecule has 0 aromatic carbocycles. The Kier molecular flexibility index (Phi) is 41.1. The van der Waals surface area contributed by atoms with Crippen LogP contribution >= 0.6 is 7.82 Å². The molecule has 0 saturated carbocycles. The summed E-state index contributed by atoms with van der Waals surface area (Å²) in [6.07, 6.45) is 52.1. The zero-order valence-corrected chi connectivity index (χ0v) is 36.9. The first-order valence-corrected chi connectivity index (χ1v) is 23.9. The largest absolute Gasteiger partial charge is 0.472 e. The van der Waals surface area contributed by atoms with Crippen LogP contribution in [0.2, 0.25) is 0 Å². The molecule has 0 aliphatic heterocycles. The fraction of sp³-hybridized carbons (Fsp3) is 0.702. The van der Waals surface area contributed by atoms with E-state index in [1.165, 1.54) is 44.9 Å². The van der Waals surface area contributed by atoms with Crippen LogP contribution in [0.4, 0.5) is 0 Å². The van der Waals surface area contributed by atoms with E-state index in [1.54, 1.807) is 0 Å². The number of rotatable bonds is 41. The standard InChI is InChI=1S/C47H82NO8P/c1-3-5-7-9-11-13-15-17-19-21-22-24-26-28-30-32-34-36-38-40-47(50)56-45(44-55-57(51,52)54-42-41-48)43-53-46(49)39-37-35-33-31-29-27-25-23-20-18-16-14-12-10-8-6-4-2/h6,8,11-14,17-20,22,24,45H,3-5,7,9-10,15-16,21,23,25-44,48H2,1-2H3,(H,51,52)/b8-6-,13-11-,14-12-,19-17-,20-18-,24-22-. The molecule has 3 N–H and O–H groups in total. The molecule has 2 atom stereocenters. The number of phosphoric acid groups is 1. The minimum atomic E-state index is -4.39. The maximum absolute atomic E-state index is 12.6. The number of esters is 2. The highest BCUT2D eigenvalue weighted by Gasteiger charge is 2.26. The van der Waals surface area contributed by atoms with Crippen LogP contribution in [-0.2, 0) is 32.7 Å². The first kappa shape index (κ1) is 54.5. The van der Waals surface area contributed by atoms with Crippen LogP contribution in [0.15, 0.2) is 72.9 Å². The molecule has 2 unspecified atom stereocenters. The lowest BCUT2D eigenvalue weighted by molar-refractivity contribution is -0.161. The van der Waals surface area contributed by atoms with Gasteiger partial charge in [0.05, 0.1) is 13.2 Å². The zero-order valence-electron chi connectivity index (χ0n) is 36.0. The molecule has 0 rings (SSSR count). The molecular weight excluding hydrogens is 737 g/mol. The molecule has 0 saturated heterocycles. The molecule has 0 spiro atoms. The number of phosphoric ester groups is 1. The third kappa shape index (κ3) is 42.9. The molecule has 10 heteroatoms. The molecule has 0 radical (unpaired) electrons. The molecule has 0 aliphatic carbocycles. The van der Waals surface area contributed by atoms with Crippen molar-refractivity contribution in [1.29, 1.82) is 0 Å². The van der Waals surface area contributed by atoms with Crippen molar-refractivity contribution in [3.8, 4) is 0 Å². The van der Waals surface area contributed by atoms with E-state index in [0.29, 0.717) is 6.42 Å². The molecule has 328 valence electrons. The first-order chi connectivity index (χ1) is 27.8. The predicted molar refractivity (Wildman–Crippen MR) is 238 cm³/mol. The van der Waals surface area contributed by atoms with Crippen LogP contribution in [0, 0.1) is 0 Å². The van der Waals surface area contributed by atoms with Gasteiger partial charge in [0.2, 0.25) is 0 Å². The van der Waals surface area contributed by atoms with Crippen molar-refractivity contribution < 1.29 is 37.6 Å². The highest BCUT2D eigenvalue weighted by Crippen LogP contribution is 2.43. The van der Waals surface area contributed by atoms with Gasteiger partial charge >= 0.3 is 19.8 Å². The molecule has 0 heterocycles. The van der Waals surface area contributed by atoms with Crippen molar-refractivity contribution in [3.63, 3.8) is 0 Å². The molecule has 0 aromatic rings. The molecule has 0 amide bonds. The number of allylic oxidation sites excluding steroid dienone is 12. The highest BCUT2D eigenvalue weighted by atomic mass is 31.2. The lowest BCUT2D eigenvalue weighted by Gasteiger charge is -2.19. The van der Waals surface area contributed by atoms with Gasteiger partial charge in [-0.25, -0.2) is 4.57 Å². The van der Waals surface area contributed by atoms with Gasteiger partial charge in [0.15, 0.2) is 6.10 Å². The van der Waals surface area contributed by atoms with Crippen LogP contribution in [0.5, 0.6) is 0 Å². The Labute approximate surface area is 348 Å². The summed E-state index contributed by atoms with van der Waals surface area (Å²) < 4.78 is 32.8. The minimum Gasteiger partial charge on any atom is -0.462 e. The van der Waals surface area contributed by atoms with Crippen LogP contribution in [-0.4, -0.2) is 49.3 Å². The van der Waals surface area contributed by atoms with Gasteiger partial charge in [0, 0.05) is 19.4 Å². The van der Waals surface area contributed by atoms with E-state index in [0.717, 1.165) is 103 Å². The lowest BCUT2D eigenvalue weighted by Crippen LogP contribution is -2.29. The van der Waals surface area contributed by atoms with Crippen molar-refractivity contribution in [3.05, 3.63) is 72.9 Å². The Morgan fingerprint density at radius 3 is 1.44 bits per heavy atom. The van der Waals surface area contributed by atoms with Crippen molar-refractivity contribution in [2.45, 2.75) is 187 Å². The third-order valence-corrected chi connectivity index (χ3v) is 10.1. The van der Waals surface area contributed by atoms with E-state index in [4.69, 9.17) is 24.3 Å². The van der Waals surface area contributed by atoms with E-state index >= 15 is 0 Å². The van der Waals surface area contributed by atoms with Crippen molar-refractivity contribution in [2.75, 3.05) is 26.4 Å². The molecule has 0 fully saturated rings. The highest BCUT2D eigenvalue weighted by molar-refractivity contribution is 7.47. The maximum atomic E-state index is 12.6. The van der Waals surface area contributed by atoms with Crippen LogP contribution in [0.3, 0.4) is 0 Å². The van der Waals surface area contributed by atoms with E-state index in [9.17, 15) is 19.0 Å². The molecular formula is C47H82NO8P. The van der Waals surface area contributed by atoms with Gasteiger partial charge in [0.25, 0.3) is 0 Å². The van der Waals surface area contributed by atoms with Gasteiger partial charge in [-0.05, 0) is 83.5 Å². The summed E-state index contributed by atoms with van der Waals surface area (Å²) in [6.45, 7) is 3.56. The monoisotopic (exact) mass is 820 g/mol. The fourth-order valence-corrected chi connectivity index (χ4v) is 6.54. The summed E-state index contributed by atoms with van der Waals surface area (Å²) in [7, 11) is -4.39. The Balaban J connectivity index is 4.19. The normalized spacial score (nSPS) is 14.0. The number of ether oxygens (including phenoxy) is 2. The summed E-state index contributed by atoms with van der Waals surface area (Å²) in [4.78, 5) is 34.9. The second kappa shape index (κ2) is 43.0. The van der Waals surface area contributed by atoms with Crippen LogP contribution < -0.4 is 5.73 Å². The summed E-state index contributed by atoms with van der Waals surface area (Å²) in [6, 6.07) is 0. The second-order valence-corrected chi connectivity index (χ2v) is 16.0. The van der Waals surface area contributed by atoms with Crippen LogP contribution in [0.25, 0.3) is 0 Å². The Morgan fingerprint density at radius 2 is 0.965 bits per heavy atom. The van der Waals surface area contributed by atoms with Crippen LogP contribution in [0.1, 0.15) is 181 Å². The summed E-state index contributed by atoms with van der Waals surface area (Å²) in [5.74, 6) is -0.859. The van der Waals surface area contributed by atoms with Gasteiger partial charge < -0.3 is 20.1 Å². The number of hydrogen-bond donors (Lipinski definition) is 2. The minimum absolute atomic E-state index is 0.0459. The van der Waals surface area contributed by atoms with Gasteiger partial charge in [0.1, 0.15) is 6.61 Å². The van der Waals surface area contributed by atoms with Gasteiger partial charge in [-0.3, -0.25) is 18.6 Å². The molecule has 9 nitrogen and oxygen atoms in total.